The summed E-state index contributed by atoms with van der Waals surface area (Å²) in [7, 11) is 0. The standard InChI is InChI=1S/C22H30N8O2/c1-6-32-20-16(13-30-11-14(2)23-21(30)25-20)19(31)24-17-7-8-18(28-27-17)29-10-9-15(12-29)26-22(3,4)5/h7-8,11,13,15,26H,6,9-10,12H2,1-5H3,(H,24,27,31)/t15-/m1/s1. The summed E-state index contributed by atoms with van der Waals surface area (Å²) in [5.74, 6) is 1.52. The number of carbonyl (C=O) groups excluding carboxylic acids is 1. The van der Waals surface area contributed by atoms with Crippen molar-refractivity contribution in [1.29, 1.82) is 0 Å². The van der Waals surface area contributed by atoms with E-state index in [9.17, 15) is 4.79 Å². The highest BCUT2D eigenvalue weighted by Crippen LogP contribution is 2.21. The molecule has 2 N–H and O–H groups in total. The number of nitrogens with zero attached hydrogens (tertiary/aromatic N) is 6. The van der Waals surface area contributed by atoms with Crippen molar-refractivity contribution in [3.8, 4) is 5.88 Å². The molecule has 4 heterocycles. The summed E-state index contributed by atoms with van der Waals surface area (Å²) < 4.78 is 7.28. The van der Waals surface area contributed by atoms with E-state index >= 15 is 0 Å². The van der Waals surface area contributed by atoms with Crippen LogP contribution in [0, 0.1) is 6.92 Å². The average Bonchev–Trinajstić information content (AvgIpc) is 3.32. The van der Waals surface area contributed by atoms with Crippen molar-refractivity contribution in [2.45, 2.75) is 52.6 Å². The molecular weight excluding hydrogens is 408 g/mol. The van der Waals surface area contributed by atoms with Crippen molar-refractivity contribution < 1.29 is 9.53 Å². The highest BCUT2D eigenvalue weighted by Gasteiger charge is 2.27. The van der Waals surface area contributed by atoms with Gasteiger partial charge in [0.05, 0.1) is 12.3 Å². The van der Waals surface area contributed by atoms with Crippen LogP contribution in [0.25, 0.3) is 5.78 Å². The van der Waals surface area contributed by atoms with Gasteiger partial charge in [0.2, 0.25) is 11.7 Å². The monoisotopic (exact) mass is 438 g/mol. The molecule has 0 spiro atoms. The number of carbonyl (C=O) groups is 1. The van der Waals surface area contributed by atoms with Crippen LogP contribution < -0.4 is 20.3 Å². The Morgan fingerprint density at radius 2 is 2.03 bits per heavy atom. The van der Waals surface area contributed by atoms with Crippen molar-refractivity contribution >= 4 is 23.3 Å². The van der Waals surface area contributed by atoms with Gasteiger partial charge in [-0.05, 0) is 53.2 Å². The average molecular weight is 439 g/mol. The van der Waals surface area contributed by atoms with Gasteiger partial charge in [-0.2, -0.15) is 4.98 Å². The zero-order valence-electron chi connectivity index (χ0n) is 19.2. The van der Waals surface area contributed by atoms with E-state index in [1.165, 1.54) is 0 Å². The first-order chi connectivity index (χ1) is 15.2. The zero-order valence-corrected chi connectivity index (χ0v) is 19.2. The molecule has 1 atom stereocenters. The van der Waals surface area contributed by atoms with Crippen molar-refractivity contribution in [2.24, 2.45) is 0 Å². The van der Waals surface area contributed by atoms with Gasteiger partial charge in [0.25, 0.3) is 5.91 Å². The number of rotatable bonds is 6. The maximum Gasteiger partial charge on any atom is 0.263 e. The Labute approximate surface area is 187 Å². The van der Waals surface area contributed by atoms with Crippen molar-refractivity contribution in [2.75, 3.05) is 29.9 Å². The first kappa shape index (κ1) is 21.9. The third kappa shape index (κ3) is 4.96. The van der Waals surface area contributed by atoms with E-state index in [0.29, 0.717) is 29.8 Å². The zero-order chi connectivity index (χ0) is 22.9. The van der Waals surface area contributed by atoms with Crippen LogP contribution in [-0.4, -0.2) is 61.8 Å². The molecule has 1 amide bonds. The van der Waals surface area contributed by atoms with Gasteiger partial charge in [0, 0.05) is 37.1 Å². The Bertz CT molecular complexity index is 1100. The van der Waals surface area contributed by atoms with Gasteiger partial charge in [0.1, 0.15) is 5.56 Å². The van der Waals surface area contributed by atoms with Crippen molar-refractivity contribution in [3.63, 3.8) is 0 Å². The molecule has 0 aromatic carbocycles. The van der Waals surface area contributed by atoms with E-state index < -0.39 is 0 Å². The number of imidazole rings is 1. The number of nitrogens with one attached hydrogen (secondary N) is 2. The fraction of sp³-hybridized carbons (Fsp3) is 0.500. The highest BCUT2D eigenvalue weighted by molar-refractivity contribution is 6.05. The predicted molar refractivity (Wildman–Crippen MR) is 122 cm³/mol. The molecule has 1 aliphatic heterocycles. The van der Waals surface area contributed by atoms with Crippen molar-refractivity contribution in [1.82, 2.24) is 29.9 Å². The molecule has 0 saturated carbocycles. The van der Waals surface area contributed by atoms with Crippen LogP contribution in [0.3, 0.4) is 0 Å². The second-order valence-electron chi connectivity index (χ2n) is 9.04. The smallest absolute Gasteiger partial charge is 0.263 e. The minimum absolute atomic E-state index is 0.0775. The van der Waals surface area contributed by atoms with E-state index in [2.05, 4.69) is 56.5 Å². The van der Waals surface area contributed by atoms with Gasteiger partial charge >= 0.3 is 0 Å². The molecule has 0 unspecified atom stereocenters. The molecule has 0 bridgehead atoms. The summed E-state index contributed by atoms with van der Waals surface area (Å²) in [4.78, 5) is 23.8. The van der Waals surface area contributed by atoms with Crippen LogP contribution >= 0.6 is 0 Å². The quantitative estimate of drug-likeness (QED) is 0.604. The Kier molecular flexibility index (Phi) is 5.96. The lowest BCUT2D eigenvalue weighted by Crippen LogP contribution is -2.45. The van der Waals surface area contributed by atoms with E-state index in [-0.39, 0.29) is 17.3 Å². The minimum atomic E-state index is -0.369. The lowest BCUT2D eigenvalue weighted by atomic mass is 10.1. The van der Waals surface area contributed by atoms with Crippen LogP contribution in [-0.2, 0) is 0 Å². The molecule has 4 rings (SSSR count). The Morgan fingerprint density at radius 3 is 2.72 bits per heavy atom. The predicted octanol–water partition coefficient (Wildman–Crippen LogP) is 2.45. The third-order valence-corrected chi connectivity index (χ3v) is 5.10. The summed E-state index contributed by atoms with van der Waals surface area (Å²) in [6.07, 6.45) is 4.53. The SMILES string of the molecule is CCOc1nc2nc(C)cn2cc1C(=O)Nc1ccc(N2CC[C@@H](NC(C)(C)C)C2)nn1. The number of ether oxygens (including phenoxy) is 1. The Hall–Kier alpha value is -3.27. The van der Waals surface area contributed by atoms with Crippen molar-refractivity contribution in [3.05, 3.63) is 35.8 Å². The van der Waals surface area contributed by atoms with Gasteiger partial charge in [-0.25, -0.2) is 4.98 Å². The highest BCUT2D eigenvalue weighted by atomic mass is 16.5. The molecule has 0 aliphatic carbocycles. The topological polar surface area (TPSA) is 110 Å². The summed E-state index contributed by atoms with van der Waals surface area (Å²) in [6.45, 7) is 12.4. The molecular formula is C22H30N8O2. The molecule has 3 aromatic heterocycles. The van der Waals surface area contributed by atoms with E-state index in [1.54, 1.807) is 22.9 Å². The van der Waals surface area contributed by atoms with Crippen LogP contribution in [0.1, 0.15) is 50.2 Å². The second-order valence-corrected chi connectivity index (χ2v) is 9.04. The summed E-state index contributed by atoms with van der Waals surface area (Å²) in [5, 5.41) is 14.9. The maximum absolute atomic E-state index is 12.9. The number of fused-ring (bicyclic) bond motifs is 1. The van der Waals surface area contributed by atoms with E-state index in [4.69, 9.17) is 4.74 Å². The summed E-state index contributed by atoms with van der Waals surface area (Å²) >= 11 is 0. The molecule has 1 aliphatic rings. The van der Waals surface area contributed by atoms with Crippen LogP contribution in [0.5, 0.6) is 5.88 Å². The summed E-state index contributed by atoms with van der Waals surface area (Å²) in [5.41, 5.74) is 1.19. The third-order valence-electron chi connectivity index (χ3n) is 5.10. The molecule has 10 nitrogen and oxygen atoms in total. The van der Waals surface area contributed by atoms with Gasteiger partial charge < -0.3 is 20.3 Å². The molecule has 1 fully saturated rings. The van der Waals surface area contributed by atoms with Gasteiger partial charge in [-0.3, -0.25) is 9.20 Å². The Morgan fingerprint density at radius 1 is 1.22 bits per heavy atom. The van der Waals surface area contributed by atoms with Crippen LogP contribution in [0.4, 0.5) is 11.6 Å². The number of aryl methyl sites for hydroxylation is 1. The molecule has 170 valence electrons. The summed E-state index contributed by atoms with van der Waals surface area (Å²) in [6, 6.07) is 4.06. The fourth-order valence-corrected chi connectivity index (χ4v) is 3.87. The van der Waals surface area contributed by atoms with Gasteiger partial charge in [-0.1, -0.05) is 0 Å². The molecule has 32 heavy (non-hydrogen) atoms. The van der Waals surface area contributed by atoms with Crippen LogP contribution in [0.15, 0.2) is 24.5 Å². The van der Waals surface area contributed by atoms with E-state index in [0.717, 1.165) is 31.0 Å². The molecule has 0 radical (unpaired) electrons. The fourth-order valence-electron chi connectivity index (χ4n) is 3.87. The second kappa shape index (κ2) is 8.70. The number of amides is 1. The normalized spacial score (nSPS) is 16.5. The minimum Gasteiger partial charge on any atom is -0.477 e. The van der Waals surface area contributed by atoms with Gasteiger partial charge in [-0.15, -0.1) is 10.2 Å². The molecule has 1 saturated heterocycles. The number of aromatic nitrogens is 5. The maximum atomic E-state index is 12.9. The Balaban J connectivity index is 1.46. The largest absolute Gasteiger partial charge is 0.477 e. The number of hydrogen-bond acceptors (Lipinski definition) is 8. The molecule has 10 heteroatoms. The lowest BCUT2D eigenvalue weighted by molar-refractivity contribution is 0.102. The van der Waals surface area contributed by atoms with Crippen LogP contribution in [0.2, 0.25) is 0 Å². The lowest BCUT2D eigenvalue weighted by Gasteiger charge is -2.26. The number of hydrogen-bond donors (Lipinski definition) is 2. The first-order valence-electron chi connectivity index (χ1n) is 10.9. The first-order valence-corrected chi connectivity index (χ1v) is 10.9. The van der Waals surface area contributed by atoms with E-state index in [1.807, 2.05) is 19.9 Å². The van der Waals surface area contributed by atoms with Gasteiger partial charge in [0.15, 0.2) is 11.6 Å². The number of anilines is 2. The molecule has 3 aromatic rings.